The molecule has 0 aliphatic heterocycles. The van der Waals surface area contributed by atoms with E-state index >= 15 is 0 Å². The monoisotopic (exact) mass is 366 g/mol. The van der Waals surface area contributed by atoms with Crippen molar-refractivity contribution in [1.29, 1.82) is 0 Å². The van der Waals surface area contributed by atoms with Gasteiger partial charge in [-0.2, -0.15) is 13.2 Å². The topological polar surface area (TPSA) is 26.3 Å². The van der Waals surface area contributed by atoms with Gasteiger partial charge in [0.25, 0.3) is 0 Å². The van der Waals surface area contributed by atoms with Gasteiger partial charge in [-0.05, 0) is 19.8 Å². The number of carbonyl (C=O) groups excluding carboxylic acids is 1. The molecule has 114 valence electrons. The zero-order valence-corrected chi connectivity index (χ0v) is 13.6. The fourth-order valence-electron chi connectivity index (χ4n) is 1.78. The zero-order chi connectivity index (χ0) is 15.3. The van der Waals surface area contributed by atoms with E-state index < -0.39 is 21.5 Å². The van der Waals surface area contributed by atoms with Crippen molar-refractivity contribution in [2.24, 2.45) is 0 Å². The summed E-state index contributed by atoms with van der Waals surface area (Å²) in [6, 6.07) is 0. The number of hydrogen-bond acceptors (Lipinski definition) is 2. The highest BCUT2D eigenvalue weighted by Crippen LogP contribution is 2.52. The van der Waals surface area contributed by atoms with Crippen molar-refractivity contribution in [2.75, 3.05) is 0 Å². The Bertz CT molecular complexity index is 308. The van der Waals surface area contributed by atoms with Gasteiger partial charge in [0.1, 0.15) is 5.60 Å². The first kappa shape index (κ1) is 19.0. The molecule has 2 atom stereocenters. The van der Waals surface area contributed by atoms with E-state index in [0.717, 1.165) is 26.2 Å². The molecule has 2 unspecified atom stereocenters. The minimum atomic E-state index is -4.73. The normalized spacial score (nSPS) is 18.5. The van der Waals surface area contributed by atoms with E-state index in [-0.39, 0.29) is 6.42 Å². The first-order valence-corrected chi connectivity index (χ1v) is 7.29. The Morgan fingerprint density at radius 1 is 1.26 bits per heavy atom. The number of esters is 1. The molecule has 0 aliphatic carbocycles. The molecule has 0 radical (unpaired) electrons. The van der Waals surface area contributed by atoms with Crippen LogP contribution in [0, 0.1) is 0 Å². The van der Waals surface area contributed by atoms with Gasteiger partial charge in [0.05, 0.1) is 0 Å². The quantitative estimate of drug-likeness (QED) is 0.352. The zero-order valence-electron chi connectivity index (χ0n) is 11.2. The first-order valence-electron chi connectivity index (χ1n) is 6.12. The Kier molecular flexibility index (Phi) is 7.17. The van der Waals surface area contributed by atoms with Crippen molar-refractivity contribution in [3.05, 3.63) is 0 Å². The van der Waals surface area contributed by atoms with Crippen LogP contribution in [0.5, 0.6) is 0 Å². The SMILES string of the molecule is CCCCCCC(C)(OC(C)=O)C(Cl)(Br)C(F)(F)F. The van der Waals surface area contributed by atoms with E-state index in [1.807, 2.05) is 6.92 Å². The minimum Gasteiger partial charge on any atom is -0.456 e. The summed E-state index contributed by atoms with van der Waals surface area (Å²) < 4.78 is 41.0. The number of carbonyl (C=O) groups is 1. The summed E-state index contributed by atoms with van der Waals surface area (Å²) in [5, 5.41) is 0. The smallest absolute Gasteiger partial charge is 0.421 e. The van der Waals surface area contributed by atoms with E-state index in [9.17, 15) is 18.0 Å². The van der Waals surface area contributed by atoms with Crippen LogP contribution in [0.1, 0.15) is 52.9 Å². The van der Waals surface area contributed by atoms with E-state index in [1.54, 1.807) is 0 Å². The molecule has 0 aromatic carbocycles. The van der Waals surface area contributed by atoms with Crippen molar-refractivity contribution >= 4 is 33.5 Å². The van der Waals surface area contributed by atoms with E-state index in [2.05, 4.69) is 15.9 Å². The number of halogens is 5. The van der Waals surface area contributed by atoms with Crippen molar-refractivity contribution in [1.82, 2.24) is 0 Å². The number of rotatable bonds is 7. The molecule has 0 amide bonds. The van der Waals surface area contributed by atoms with E-state index in [4.69, 9.17) is 16.3 Å². The maximum absolute atomic E-state index is 13.0. The number of unbranched alkanes of at least 4 members (excludes halogenated alkanes) is 3. The van der Waals surface area contributed by atoms with Crippen LogP contribution in [0.3, 0.4) is 0 Å². The van der Waals surface area contributed by atoms with Gasteiger partial charge in [-0.25, -0.2) is 0 Å². The summed E-state index contributed by atoms with van der Waals surface area (Å²) in [4.78, 5) is 11.1. The van der Waals surface area contributed by atoms with Gasteiger partial charge in [0.2, 0.25) is 3.78 Å². The summed E-state index contributed by atoms with van der Waals surface area (Å²) in [7, 11) is 0. The maximum Gasteiger partial charge on any atom is 0.421 e. The van der Waals surface area contributed by atoms with Crippen molar-refractivity contribution in [2.45, 2.75) is 68.4 Å². The predicted molar refractivity (Wildman–Crippen MR) is 72.5 cm³/mol. The highest BCUT2D eigenvalue weighted by atomic mass is 79.9. The lowest BCUT2D eigenvalue weighted by atomic mass is 9.93. The Balaban J connectivity index is 5.01. The summed E-state index contributed by atoms with van der Waals surface area (Å²) in [6.45, 7) is 4.27. The molecule has 0 fully saturated rings. The average Bonchev–Trinajstić information content (AvgIpc) is 2.21. The molecule has 0 spiro atoms. The van der Waals surface area contributed by atoms with Gasteiger partial charge < -0.3 is 4.74 Å². The van der Waals surface area contributed by atoms with Crippen LogP contribution in [-0.4, -0.2) is 21.5 Å². The number of ether oxygens (including phenoxy) is 1. The van der Waals surface area contributed by atoms with Crippen LogP contribution in [0.15, 0.2) is 0 Å². The highest BCUT2D eigenvalue weighted by molar-refractivity contribution is 9.10. The number of alkyl halides is 5. The molecule has 19 heavy (non-hydrogen) atoms. The number of hydrogen-bond donors (Lipinski definition) is 0. The molecule has 0 heterocycles. The molecular weight excluding hydrogens is 348 g/mol. The van der Waals surface area contributed by atoms with Crippen molar-refractivity contribution in [3.63, 3.8) is 0 Å². The van der Waals surface area contributed by atoms with Crippen LogP contribution in [0.2, 0.25) is 0 Å². The molecule has 0 aliphatic rings. The second-order valence-electron chi connectivity index (χ2n) is 4.71. The Labute approximate surface area is 125 Å². The predicted octanol–water partition coefficient (Wildman–Crippen LogP) is 5.17. The Hall–Kier alpha value is 0.0300. The lowest BCUT2D eigenvalue weighted by Crippen LogP contribution is -2.55. The fraction of sp³-hybridized carbons (Fsp3) is 0.917. The Morgan fingerprint density at radius 3 is 2.16 bits per heavy atom. The molecule has 0 aromatic rings. The van der Waals surface area contributed by atoms with Crippen LogP contribution in [0.25, 0.3) is 0 Å². The highest BCUT2D eigenvalue weighted by Gasteiger charge is 2.64. The largest absolute Gasteiger partial charge is 0.456 e. The minimum absolute atomic E-state index is 0.0425. The third-order valence-corrected chi connectivity index (χ3v) is 4.80. The van der Waals surface area contributed by atoms with Gasteiger partial charge >= 0.3 is 12.1 Å². The second-order valence-corrected chi connectivity index (χ2v) is 6.92. The lowest BCUT2D eigenvalue weighted by Gasteiger charge is -2.40. The second kappa shape index (κ2) is 7.16. The molecule has 0 saturated heterocycles. The fourth-order valence-corrected chi connectivity index (χ4v) is 2.19. The molecule has 0 bridgehead atoms. The molecule has 0 rings (SSSR count). The van der Waals surface area contributed by atoms with Crippen molar-refractivity contribution in [3.8, 4) is 0 Å². The molecule has 0 N–H and O–H groups in total. The van der Waals surface area contributed by atoms with Crippen LogP contribution >= 0.6 is 27.5 Å². The maximum atomic E-state index is 13.0. The third-order valence-electron chi connectivity index (χ3n) is 2.90. The molecule has 7 heteroatoms. The van der Waals surface area contributed by atoms with E-state index in [0.29, 0.717) is 6.42 Å². The van der Waals surface area contributed by atoms with Crippen LogP contribution in [0.4, 0.5) is 13.2 Å². The van der Waals surface area contributed by atoms with Gasteiger partial charge in [-0.15, -0.1) is 0 Å². The Morgan fingerprint density at radius 2 is 1.79 bits per heavy atom. The van der Waals surface area contributed by atoms with Crippen molar-refractivity contribution < 1.29 is 22.7 Å². The summed E-state index contributed by atoms with van der Waals surface area (Å²) >= 11 is 8.08. The first-order chi connectivity index (χ1) is 8.48. The molecular formula is C12H19BrClF3O2. The lowest BCUT2D eigenvalue weighted by molar-refractivity contribution is -0.195. The average molecular weight is 368 g/mol. The third kappa shape index (κ3) is 5.14. The van der Waals surface area contributed by atoms with Crippen LogP contribution in [-0.2, 0) is 9.53 Å². The van der Waals surface area contributed by atoms with Crippen LogP contribution < -0.4 is 0 Å². The van der Waals surface area contributed by atoms with Gasteiger partial charge in [0, 0.05) is 6.92 Å². The van der Waals surface area contributed by atoms with Gasteiger partial charge in [0.15, 0.2) is 0 Å². The summed E-state index contributed by atoms with van der Waals surface area (Å²) in [5.41, 5.74) is -1.84. The molecule has 2 nitrogen and oxygen atoms in total. The van der Waals surface area contributed by atoms with Gasteiger partial charge in [-0.3, -0.25) is 4.79 Å². The summed E-state index contributed by atoms with van der Waals surface area (Å²) in [6.07, 6.45) is -1.53. The molecule has 0 saturated carbocycles. The standard InChI is InChI=1S/C12H19BrClF3O2/c1-4-5-6-7-8-10(3,19-9(2)18)11(13,14)12(15,16)17/h4-8H2,1-3H3. The van der Waals surface area contributed by atoms with E-state index in [1.165, 1.54) is 6.92 Å². The summed E-state index contributed by atoms with van der Waals surface area (Å²) in [5.74, 6) is -0.785. The molecule has 0 aromatic heterocycles. The van der Waals surface area contributed by atoms with Gasteiger partial charge in [-0.1, -0.05) is 53.7 Å².